The van der Waals surface area contributed by atoms with Gasteiger partial charge in [-0.15, -0.1) is 11.3 Å². The first kappa shape index (κ1) is 15.9. The van der Waals surface area contributed by atoms with E-state index in [0.717, 1.165) is 15.4 Å². The normalized spacial score (nSPS) is 13.3. The van der Waals surface area contributed by atoms with Gasteiger partial charge in [-0.1, -0.05) is 13.0 Å². The molecule has 1 unspecified atom stereocenters. The highest BCUT2D eigenvalue weighted by Gasteiger charge is 2.22. The summed E-state index contributed by atoms with van der Waals surface area (Å²) in [6, 6.07) is 4.59. The van der Waals surface area contributed by atoms with Gasteiger partial charge in [0.1, 0.15) is 5.01 Å². The maximum Gasteiger partial charge on any atom is 0.241 e. The third kappa shape index (κ3) is 3.61. The number of rotatable bonds is 5. The van der Waals surface area contributed by atoms with Crippen LogP contribution in [0.4, 0.5) is 5.69 Å². The Bertz CT molecular complexity index is 738. The monoisotopic (exact) mass is 325 g/mol. The lowest BCUT2D eigenvalue weighted by Crippen LogP contribution is -2.27. The summed E-state index contributed by atoms with van der Waals surface area (Å²) in [6.07, 6.45) is 2.37. The molecule has 2 aromatic rings. The van der Waals surface area contributed by atoms with Crippen molar-refractivity contribution in [3.05, 3.63) is 39.8 Å². The molecule has 1 aromatic heterocycles. The van der Waals surface area contributed by atoms with E-state index in [2.05, 4.69) is 9.71 Å². The first-order valence-electron chi connectivity index (χ1n) is 6.66. The van der Waals surface area contributed by atoms with Crippen molar-refractivity contribution in [1.82, 2.24) is 9.71 Å². The molecule has 0 radical (unpaired) electrons. The van der Waals surface area contributed by atoms with E-state index in [0.29, 0.717) is 12.1 Å². The highest BCUT2D eigenvalue weighted by atomic mass is 32.2. The number of hydrogen-bond acceptors (Lipinski definition) is 5. The number of nitrogen functional groups attached to an aromatic ring is 1. The number of nitrogens with zero attached hydrogens (tertiary/aromatic N) is 1. The van der Waals surface area contributed by atoms with Crippen molar-refractivity contribution in [2.45, 2.75) is 38.1 Å². The van der Waals surface area contributed by atoms with E-state index in [1.165, 1.54) is 17.4 Å². The lowest BCUT2D eigenvalue weighted by Gasteiger charge is -2.15. The average Bonchev–Trinajstić information content (AvgIpc) is 2.85. The number of aryl methyl sites for hydroxylation is 2. The molecule has 1 atom stereocenters. The summed E-state index contributed by atoms with van der Waals surface area (Å²) < 4.78 is 27.8. The summed E-state index contributed by atoms with van der Waals surface area (Å²) in [5, 5.41) is 0.748. The predicted octanol–water partition coefficient (Wildman–Crippen LogP) is 2.64. The molecule has 0 aliphatic heterocycles. The Morgan fingerprint density at radius 1 is 1.43 bits per heavy atom. The fourth-order valence-electron chi connectivity index (χ4n) is 2.03. The second-order valence-electron chi connectivity index (χ2n) is 4.87. The standard InChI is InChI=1S/C14H19N3O2S2/c1-4-11-5-6-12(15)7-13(11)21(18,19)17-10(3)14-16-8-9(2)20-14/h5-8,10,17H,4,15H2,1-3H3. The molecule has 0 bridgehead atoms. The Balaban J connectivity index is 2.32. The molecule has 114 valence electrons. The summed E-state index contributed by atoms with van der Waals surface area (Å²) in [5.41, 5.74) is 6.91. The first-order chi connectivity index (χ1) is 9.83. The number of nitrogens with one attached hydrogen (secondary N) is 1. The summed E-state index contributed by atoms with van der Waals surface area (Å²) in [5.74, 6) is 0. The van der Waals surface area contributed by atoms with Gasteiger partial charge in [0.2, 0.25) is 10.0 Å². The minimum absolute atomic E-state index is 0.241. The van der Waals surface area contributed by atoms with Crippen molar-refractivity contribution in [3.63, 3.8) is 0 Å². The van der Waals surface area contributed by atoms with Crippen LogP contribution in [0.2, 0.25) is 0 Å². The second kappa shape index (κ2) is 6.13. The van der Waals surface area contributed by atoms with Crippen LogP contribution in [0.5, 0.6) is 0 Å². The fraction of sp³-hybridized carbons (Fsp3) is 0.357. The number of aromatic nitrogens is 1. The van der Waals surface area contributed by atoms with Gasteiger partial charge in [0.05, 0.1) is 10.9 Å². The van der Waals surface area contributed by atoms with Crippen LogP contribution in [0.1, 0.15) is 35.3 Å². The Kier molecular flexibility index (Phi) is 4.65. The number of sulfonamides is 1. The average molecular weight is 325 g/mol. The molecule has 0 spiro atoms. The molecule has 0 aliphatic carbocycles. The van der Waals surface area contributed by atoms with E-state index < -0.39 is 10.0 Å². The molecule has 0 aliphatic rings. The summed E-state index contributed by atoms with van der Waals surface area (Å²) >= 11 is 1.48. The first-order valence-corrected chi connectivity index (χ1v) is 8.96. The lowest BCUT2D eigenvalue weighted by atomic mass is 10.1. The van der Waals surface area contributed by atoms with Crippen molar-refractivity contribution in [2.24, 2.45) is 0 Å². The Labute approximate surface area is 129 Å². The number of thiazole rings is 1. The van der Waals surface area contributed by atoms with E-state index in [-0.39, 0.29) is 10.9 Å². The Morgan fingerprint density at radius 2 is 2.14 bits per heavy atom. The molecule has 1 aromatic carbocycles. The molecular weight excluding hydrogens is 306 g/mol. The number of hydrogen-bond donors (Lipinski definition) is 2. The van der Waals surface area contributed by atoms with Crippen LogP contribution in [0.15, 0.2) is 29.3 Å². The molecule has 0 fully saturated rings. The Hall–Kier alpha value is -1.44. The highest BCUT2D eigenvalue weighted by Crippen LogP contribution is 2.24. The van der Waals surface area contributed by atoms with Crippen molar-refractivity contribution in [3.8, 4) is 0 Å². The van der Waals surface area contributed by atoms with E-state index in [9.17, 15) is 8.42 Å². The maximum atomic E-state index is 12.6. The SMILES string of the molecule is CCc1ccc(N)cc1S(=O)(=O)NC(C)c1ncc(C)s1. The molecule has 0 amide bonds. The van der Waals surface area contributed by atoms with E-state index in [1.54, 1.807) is 25.3 Å². The minimum atomic E-state index is -3.63. The summed E-state index contributed by atoms with van der Waals surface area (Å²) in [4.78, 5) is 5.51. The van der Waals surface area contributed by atoms with Crippen LogP contribution < -0.4 is 10.5 Å². The largest absolute Gasteiger partial charge is 0.399 e. The van der Waals surface area contributed by atoms with Crippen LogP contribution in [-0.4, -0.2) is 13.4 Å². The van der Waals surface area contributed by atoms with Crippen molar-refractivity contribution < 1.29 is 8.42 Å². The Morgan fingerprint density at radius 3 is 2.71 bits per heavy atom. The second-order valence-corrected chi connectivity index (χ2v) is 7.82. The molecule has 7 heteroatoms. The van der Waals surface area contributed by atoms with E-state index in [4.69, 9.17) is 5.73 Å². The highest BCUT2D eigenvalue weighted by molar-refractivity contribution is 7.89. The molecular formula is C14H19N3O2S2. The van der Waals surface area contributed by atoms with Gasteiger partial charge in [0.15, 0.2) is 0 Å². The van der Waals surface area contributed by atoms with E-state index in [1.807, 2.05) is 13.8 Å². The number of anilines is 1. The smallest absolute Gasteiger partial charge is 0.241 e. The van der Waals surface area contributed by atoms with Crippen molar-refractivity contribution in [1.29, 1.82) is 0 Å². The lowest BCUT2D eigenvalue weighted by molar-refractivity contribution is 0.565. The van der Waals surface area contributed by atoms with Crippen molar-refractivity contribution >= 4 is 27.0 Å². The van der Waals surface area contributed by atoms with Gasteiger partial charge >= 0.3 is 0 Å². The summed E-state index contributed by atoms with van der Waals surface area (Å²) in [6.45, 7) is 5.64. The molecule has 0 saturated heterocycles. The van der Waals surface area contributed by atoms with Gasteiger partial charge in [-0.05, 0) is 38.0 Å². The van der Waals surface area contributed by atoms with Crippen LogP contribution in [-0.2, 0) is 16.4 Å². The summed E-state index contributed by atoms with van der Waals surface area (Å²) in [7, 11) is -3.63. The van der Waals surface area contributed by atoms with Gasteiger partial charge < -0.3 is 5.73 Å². The van der Waals surface area contributed by atoms with Crippen LogP contribution >= 0.6 is 11.3 Å². The molecule has 1 heterocycles. The molecule has 3 N–H and O–H groups in total. The maximum absolute atomic E-state index is 12.6. The third-order valence-electron chi connectivity index (χ3n) is 3.10. The zero-order valence-corrected chi connectivity index (χ0v) is 13.9. The van der Waals surface area contributed by atoms with Gasteiger partial charge in [-0.3, -0.25) is 0 Å². The van der Waals surface area contributed by atoms with Gasteiger partial charge in [-0.25, -0.2) is 18.1 Å². The van der Waals surface area contributed by atoms with Crippen LogP contribution in [0.25, 0.3) is 0 Å². The molecule has 2 rings (SSSR count). The predicted molar refractivity (Wildman–Crippen MR) is 85.8 cm³/mol. The molecule has 5 nitrogen and oxygen atoms in total. The topological polar surface area (TPSA) is 85.1 Å². The molecule has 21 heavy (non-hydrogen) atoms. The quantitative estimate of drug-likeness (QED) is 0.828. The van der Waals surface area contributed by atoms with Gasteiger partial charge in [0, 0.05) is 16.8 Å². The van der Waals surface area contributed by atoms with Crippen LogP contribution in [0.3, 0.4) is 0 Å². The third-order valence-corrected chi connectivity index (χ3v) is 5.82. The minimum Gasteiger partial charge on any atom is -0.399 e. The van der Waals surface area contributed by atoms with Gasteiger partial charge in [-0.2, -0.15) is 0 Å². The van der Waals surface area contributed by atoms with Crippen LogP contribution in [0, 0.1) is 6.92 Å². The fourth-order valence-corrected chi connectivity index (χ4v) is 4.44. The number of benzene rings is 1. The molecule has 0 saturated carbocycles. The van der Waals surface area contributed by atoms with E-state index >= 15 is 0 Å². The van der Waals surface area contributed by atoms with Crippen molar-refractivity contribution in [2.75, 3.05) is 5.73 Å². The zero-order chi connectivity index (χ0) is 15.6. The van der Waals surface area contributed by atoms with Gasteiger partial charge in [0.25, 0.3) is 0 Å². The number of nitrogens with two attached hydrogens (primary N) is 1. The zero-order valence-electron chi connectivity index (χ0n) is 12.3.